The van der Waals surface area contributed by atoms with E-state index < -0.39 is 0 Å². The maximum absolute atomic E-state index is 11.9. The Hall–Kier alpha value is -0.610. The van der Waals surface area contributed by atoms with E-state index in [0.717, 1.165) is 31.6 Å². The quantitative estimate of drug-likeness (QED) is 0.696. The van der Waals surface area contributed by atoms with Crippen LogP contribution in [0.5, 0.6) is 0 Å². The van der Waals surface area contributed by atoms with E-state index in [4.69, 9.17) is 9.47 Å². The Kier molecular flexibility index (Phi) is 6.30. The molecule has 2 saturated carbocycles. The van der Waals surface area contributed by atoms with Crippen LogP contribution in [0.4, 0.5) is 0 Å². The summed E-state index contributed by atoms with van der Waals surface area (Å²) in [4.78, 5) is 11.9. The third-order valence-corrected chi connectivity index (χ3v) is 4.40. The Morgan fingerprint density at radius 3 is 2.70 bits per heavy atom. The number of nitrogens with one attached hydrogen (secondary N) is 1. The van der Waals surface area contributed by atoms with Gasteiger partial charge in [-0.05, 0) is 38.5 Å². The van der Waals surface area contributed by atoms with Crippen LogP contribution in [0.1, 0.15) is 58.8 Å². The third kappa shape index (κ3) is 5.06. The van der Waals surface area contributed by atoms with Crippen LogP contribution in [0.3, 0.4) is 0 Å². The lowest BCUT2D eigenvalue weighted by Crippen LogP contribution is -2.44. The van der Waals surface area contributed by atoms with Crippen LogP contribution < -0.4 is 5.32 Å². The zero-order chi connectivity index (χ0) is 14.4. The molecular weight excluding hydrogens is 254 g/mol. The zero-order valence-corrected chi connectivity index (χ0v) is 12.9. The molecule has 0 radical (unpaired) electrons. The van der Waals surface area contributed by atoms with Crippen molar-refractivity contribution in [3.63, 3.8) is 0 Å². The highest BCUT2D eigenvalue weighted by molar-refractivity contribution is 5.76. The predicted octanol–water partition coefficient (Wildman–Crippen LogP) is 2.66. The van der Waals surface area contributed by atoms with E-state index in [1.807, 2.05) is 6.92 Å². The van der Waals surface area contributed by atoms with E-state index >= 15 is 0 Å². The number of rotatable bonds is 8. The Morgan fingerprint density at radius 1 is 1.25 bits per heavy atom. The summed E-state index contributed by atoms with van der Waals surface area (Å²) in [7, 11) is 0. The molecule has 2 rings (SSSR count). The number of carbonyl (C=O) groups is 1. The van der Waals surface area contributed by atoms with Crippen molar-refractivity contribution >= 4 is 5.97 Å². The molecule has 0 aromatic heterocycles. The largest absolute Gasteiger partial charge is 0.465 e. The van der Waals surface area contributed by atoms with Gasteiger partial charge in [-0.25, -0.2) is 0 Å². The number of esters is 1. The van der Waals surface area contributed by atoms with Crippen LogP contribution >= 0.6 is 0 Å². The summed E-state index contributed by atoms with van der Waals surface area (Å²) in [6.07, 6.45) is 8.76. The molecule has 0 bridgehead atoms. The first-order valence-electron chi connectivity index (χ1n) is 8.27. The fourth-order valence-electron chi connectivity index (χ4n) is 2.96. The van der Waals surface area contributed by atoms with Crippen LogP contribution in [0, 0.1) is 5.92 Å². The van der Waals surface area contributed by atoms with Gasteiger partial charge in [0.05, 0.1) is 19.3 Å². The van der Waals surface area contributed by atoms with Crippen LogP contribution in [0.2, 0.25) is 0 Å². The van der Waals surface area contributed by atoms with Gasteiger partial charge in [0.15, 0.2) is 0 Å². The number of carbonyl (C=O) groups excluding carboxylic acids is 1. The highest BCUT2D eigenvalue weighted by Crippen LogP contribution is 2.28. The lowest BCUT2D eigenvalue weighted by molar-refractivity contribution is -0.148. The molecule has 0 heterocycles. The maximum Gasteiger partial charge on any atom is 0.325 e. The molecule has 3 atom stereocenters. The van der Waals surface area contributed by atoms with Crippen molar-refractivity contribution in [2.24, 2.45) is 5.92 Å². The SMILES string of the molecule is CCOC(=O)C(COC1CCCC(CC)C1)NC1CC1. The average molecular weight is 283 g/mol. The normalized spacial score (nSPS) is 28.1. The first-order valence-corrected chi connectivity index (χ1v) is 8.27. The summed E-state index contributed by atoms with van der Waals surface area (Å²) >= 11 is 0. The minimum atomic E-state index is -0.288. The summed E-state index contributed by atoms with van der Waals surface area (Å²) in [6, 6.07) is 0.201. The minimum Gasteiger partial charge on any atom is -0.465 e. The minimum absolute atomic E-state index is 0.165. The molecule has 0 saturated heterocycles. The molecule has 0 aliphatic heterocycles. The second kappa shape index (κ2) is 7.99. The molecule has 4 nitrogen and oxygen atoms in total. The summed E-state index contributed by atoms with van der Waals surface area (Å²) < 4.78 is 11.1. The topological polar surface area (TPSA) is 47.6 Å². The molecule has 2 aliphatic rings. The van der Waals surface area contributed by atoms with E-state index in [-0.39, 0.29) is 12.0 Å². The standard InChI is InChI=1S/C16H29NO3/c1-3-12-6-5-7-14(10-12)20-11-15(16(18)19-4-2)17-13-8-9-13/h12-15,17H,3-11H2,1-2H3. The Balaban J connectivity index is 1.76. The zero-order valence-electron chi connectivity index (χ0n) is 12.9. The molecule has 1 N–H and O–H groups in total. The van der Waals surface area contributed by atoms with Crippen LogP contribution in [0.25, 0.3) is 0 Å². The van der Waals surface area contributed by atoms with Crippen LogP contribution in [0.15, 0.2) is 0 Å². The Bertz CT molecular complexity index is 304. The molecule has 0 spiro atoms. The third-order valence-electron chi connectivity index (χ3n) is 4.40. The van der Waals surface area contributed by atoms with Gasteiger partial charge in [-0.1, -0.05) is 26.2 Å². The number of ether oxygens (including phenoxy) is 2. The van der Waals surface area contributed by atoms with Crippen molar-refractivity contribution in [1.82, 2.24) is 5.32 Å². The average Bonchev–Trinajstić information content (AvgIpc) is 3.28. The van der Waals surface area contributed by atoms with Gasteiger partial charge in [0.2, 0.25) is 0 Å². The molecule has 0 amide bonds. The highest BCUT2D eigenvalue weighted by atomic mass is 16.5. The molecule has 2 fully saturated rings. The van der Waals surface area contributed by atoms with Gasteiger partial charge in [-0.2, -0.15) is 0 Å². The molecule has 4 heteroatoms. The van der Waals surface area contributed by atoms with Crippen molar-refractivity contribution in [3.8, 4) is 0 Å². The van der Waals surface area contributed by atoms with Crippen molar-refractivity contribution in [2.75, 3.05) is 13.2 Å². The monoisotopic (exact) mass is 283 g/mol. The molecule has 116 valence electrons. The highest BCUT2D eigenvalue weighted by Gasteiger charge is 2.30. The van der Waals surface area contributed by atoms with Crippen molar-refractivity contribution in [3.05, 3.63) is 0 Å². The fraction of sp³-hybridized carbons (Fsp3) is 0.938. The summed E-state index contributed by atoms with van der Waals surface area (Å²) in [5.41, 5.74) is 0. The van der Waals surface area contributed by atoms with Gasteiger partial charge in [0.25, 0.3) is 0 Å². The maximum atomic E-state index is 11.9. The second-order valence-corrected chi connectivity index (χ2v) is 6.14. The molecule has 0 aromatic carbocycles. The van der Waals surface area contributed by atoms with Crippen molar-refractivity contribution < 1.29 is 14.3 Å². The fourth-order valence-corrected chi connectivity index (χ4v) is 2.96. The van der Waals surface area contributed by atoms with E-state index in [1.54, 1.807) is 0 Å². The summed E-state index contributed by atoms with van der Waals surface area (Å²) in [5.74, 6) is 0.633. The predicted molar refractivity (Wildman–Crippen MR) is 78.6 cm³/mol. The molecule has 20 heavy (non-hydrogen) atoms. The molecule has 2 aliphatic carbocycles. The van der Waals surface area contributed by atoms with Crippen LogP contribution in [-0.2, 0) is 14.3 Å². The van der Waals surface area contributed by atoms with E-state index in [2.05, 4.69) is 12.2 Å². The van der Waals surface area contributed by atoms with E-state index in [0.29, 0.717) is 25.4 Å². The van der Waals surface area contributed by atoms with Gasteiger partial charge in [0.1, 0.15) is 6.04 Å². The number of hydrogen-bond acceptors (Lipinski definition) is 4. The van der Waals surface area contributed by atoms with E-state index in [9.17, 15) is 4.79 Å². The first-order chi connectivity index (χ1) is 9.72. The van der Waals surface area contributed by atoms with Crippen LogP contribution in [-0.4, -0.2) is 37.4 Å². The lowest BCUT2D eigenvalue weighted by Gasteiger charge is -2.29. The van der Waals surface area contributed by atoms with Gasteiger partial charge in [-0.3, -0.25) is 10.1 Å². The first kappa shape index (κ1) is 15.8. The van der Waals surface area contributed by atoms with E-state index in [1.165, 1.54) is 19.3 Å². The second-order valence-electron chi connectivity index (χ2n) is 6.14. The number of hydrogen-bond donors (Lipinski definition) is 1. The van der Waals surface area contributed by atoms with Gasteiger partial charge in [-0.15, -0.1) is 0 Å². The molecule has 3 unspecified atom stereocenters. The van der Waals surface area contributed by atoms with Gasteiger partial charge >= 0.3 is 5.97 Å². The van der Waals surface area contributed by atoms with Gasteiger partial charge in [0, 0.05) is 6.04 Å². The van der Waals surface area contributed by atoms with Crippen molar-refractivity contribution in [1.29, 1.82) is 0 Å². The van der Waals surface area contributed by atoms with Gasteiger partial charge < -0.3 is 9.47 Å². The lowest BCUT2D eigenvalue weighted by atomic mass is 9.85. The molecule has 0 aromatic rings. The van der Waals surface area contributed by atoms with Crippen molar-refractivity contribution in [2.45, 2.75) is 77.0 Å². The summed E-state index contributed by atoms with van der Waals surface area (Å²) in [6.45, 7) is 4.99. The molecular formula is C16H29NO3. The Morgan fingerprint density at radius 2 is 2.05 bits per heavy atom. The Labute approximate surface area is 122 Å². The summed E-state index contributed by atoms with van der Waals surface area (Å²) in [5, 5.41) is 3.34. The smallest absolute Gasteiger partial charge is 0.325 e.